The molecule has 0 unspecified atom stereocenters. The van der Waals surface area contributed by atoms with Crippen molar-refractivity contribution in [1.82, 2.24) is 10.7 Å². The van der Waals surface area contributed by atoms with Crippen LogP contribution in [-0.4, -0.2) is 36.5 Å². The van der Waals surface area contributed by atoms with Crippen molar-refractivity contribution in [1.29, 1.82) is 0 Å². The molecule has 5 N–H and O–H groups in total. The first-order valence-corrected chi connectivity index (χ1v) is 4.64. The lowest BCUT2D eigenvalue weighted by molar-refractivity contribution is -0.139. The number of aliphatic imine (C=N–C) groups is 1. The molecule has 14 heavy (non-hydrogen) atoms. The molecule has 6 nitrogen and oxygen atoms in total. The topological polar surface area (TPSA) is 99.7 Å². The summed E-state index contributed by atoms with van der Waals surface area (Å²) in [5.41, 5.74) is 2.32. The van der Waals surface area contributed by atoms with Crippen molar-refractivity contribution < 1.29 is 9.90 Å². The van der Waals surface area contributed by atoms with E-state index in [-0.39, 0.29) is 6.04 Å². The van der Waals surface area contributed by atoms with E-state index in [1.54, 1.807) is 0 Å². The number of nitrogens with zero attached hydrogens (tertiary/aromatic N) is 1. The van der Waals surface area contributed by atoms with Gasteiger partial charge in [0.15, 0.2) is 0 Å². The zero-order valence-electron chi connectivity index (χ0n) is 7.94. The fraction of sp³-hybridized carbons (Fsp3) is 0.750. The summed E-state index contributed by atoms with van der Waals surface area (Å²) in [4.78, 5) is 14.6. The summed E-state index contributed by atoms with van der Waals surface area (Å²) in [6.45, 7) is 1.45. The van der Waals surface area contributed by atoms with Crippen molar-refractivity contribution in [3.8, 4) is 0 Å². The molecule has 1 heterocycles. The predicted molar refractivity (Wildman–Crippen MR) is 52.8 cm³/mol. The molecule has 1 rings (SSSR count). The molecule has 0 spiro atoms. The van der Waals surface area contributed by atoms with Crippen LogP contribution in [0.25, 0.3) is 0 Å². The van der Waals surface area contributed by atoms with E-state index < -0.39 is 5.97 Å². The number of aliphatic carboxylic acids is 1. The van der Waals surface area contributed by atoms with Gasteiger partial charge in [-0.3, -0.25) is 9.79 Å². The second-order valence-electron chi connectivity index (χ2n) is 3.39. The van der Waals surface area contributed by atoms with E-state index in [1.165, 1.54) is 6.34 Å². The summed E-state index contributed by atoms with van der Waals surface area (Å²) < 4.78 is 0. The summed E-state index contributed by atoms with van der Waals surface area (Å²) in [6.07, 6.45) is 3.03. The highest BCUT2D eigenvalue weighted by Gasteiger charge is 2.28. The van der Waals surface area contributed by atoms with Crippen LogP contribution >= 0.6 is 0 Å². The number of nitrogens with two attached hydrogens (primary N) is 1. The maximum absolute atomic E-state index is 10.6. The summed E-state index contributed by atoms with van der Waals surface area (Å²) in [7, 11) is 0. The third-order valence-corrected chi connectivity index (χ3v) is 2.35. The lowest BCUT2D eigenvalue weighted by Gasteiger charge is -2.04. The summed E-state index contributed by atoms with van der Waals surface area (Å²) in [5.74, 6) is 4.64. The monoisotopic (exact) mass is 200 g/mol. The van der Waals surface area contributed by atoms with Gasteiger partial charge in [0.2, 0.25) is 0 Å². The fourth-order valence-corrected chi connectivity index (χ4v) is 1.59. The van der Waals surface area contributed by atoms with Gasteiger partial charge in [-0.1, -0.05) is 0 Å². The van der Waals surface area contributed by atoms with Crippen molar-refractivity contribution in [2.75, 3.05) is 13.1 Å². The number of carboxylic acids is 1. The summed E-state index contributed by atoms with van der Waals surface area (Å²) in [6, 6.07) is -0.378. The van der Waals surface area contributed by atoms with Gasteiger partial charge in [-0.2, -0.15) is 0 Å². The Hall–Kier alpha value is -1.14. The van der Waals surface area contributed by atoms with Gasteiger partial charge in [-0.15, -0.1) is 0 Å². The lowest BCUT2D eigenvalue weighted by atomic mass is 10.0. The Labute approximate surface area is 82.5 Å². The van der Waals surface area contributed by atoms with Gasteiger partial charge >= 0.3 is 5.97 Å². The fourth-order valence-electron chi connectivity index (χ4n) is 1.59. The Kier molecular flexibility index (Phi) is 4.34. The van der Waals surface area contributed by atoms with Crippen LogP contribution in [0.2, 0.25) is 0 Å². The van der Waals surface area contributed by atoms with E-state index in [0.717, 1.165) is 13.0 Å². The van der Waals surface area contributed by atoms with Crippen LogP contribution in [0.1, 0.15) is 12.8 Å². The predicted octanol–water partition coefficient (Wildman–Crippen LogP) is -1.07. The van der Waals surface area contributed by atoms with Gasteiger partial charge in [0.1, 0.15) is 6.04 Å². The van der Waals surface area contributed by atoms with Crippen LogP contribution < -0.4 is 16.6 Å². The van der Waals surface area contributed by atoms with Crippen LogP contribution in [0, 0.1) is 5.92 Å². The zero-order valence-corrected chi connectivity index (χ0v) is 7.94. The molecule has 1 aliphatic heterocycles. The zero-order chi connectivity index (χ0) is 10.4. The number of hydrogen-bond donors (Lipinski definition) is 4. The highest BCUT2D eigenvalue weighted by atomic mass is 16.4. The van der Waals surface area contributed by atoms with E-state index in [9.17, 15) is 4.79 Å². The van der Waals surface area contributed by atoms with E-state index in [2.05, 4.69) is 15.7 Å². The number of rotatable bonds is 5. The SMILES string of the molecule is NNC=NCC[C@@H]1CN[C@H](C(=O)O)C1. The first kappa shape index (κ1) is 10.9. The number of carbonyl (C=O) groups is 1. The normalized spacial score (nSPS) is 26.9. The maximum Gasteiger partial charge on any atom is 0.320 e. The van der Waals surface area contributed by atoms with Gasteiger partial charge in [0.25, 0.3) is 0 Å². The Morgan fingerprint density at radius 3 is 3.14 bits per heavy atom. The number of nitrogens with one attached hydrogen (secondary N) is 2. The highest BCUT2D eigenvalue weighted by molar-refractivity contribution is 5.73. The Balaban J connectivity index is 2.16. The van der Waals surface area contributed by atoms with Gasteiger partial charge < -0.3 is 15.8 Å². The lowest BCUT2D eigenvalue weighted by Crippen LogP contribution is -2.29. The van der Waals surface area contributed by atoms with Crippen molar-refractivity contribution in [3.05, 3.63) is 0 Å². The molecule has 0 saturated carbocycles. The molecule has 1 aliphatic rings. The first-order valence-electron chi connectivity index (χ1n) is 4.64. The number of carboxylic acid groups (broad SMARTS) is 1. The van der Waals surface area contributed by atoms with Crippen LogP contribution in [0.5, 0.6) is 0 Å². The largest absolute Gasteiger partial charge is 0.480 e. The van der Waals surface area contributed by atoms with Crippen LogP contribution in [0.4, 0.5) is 0 Å². The molecular weight excluding hydrogens is 184 g/mol. The number of hydrazine groups is 1. The van der Waals surface area contributed by atoms with Gasteiger partial charge in [-0.25, -0.2) is 5.84 Å². The Bertz CT molecular complexity index is 219. The van der Waals surface area contributed by atoms with Crippen molar-refractivity contribution in [3.63, 3.8) is 0 Å². The molecular formula is C8H16N4O2. The molecule has 0 aromatic rings. The Morgan fingerprint density at radius 2 is 2.57 bits per heavy atom. The third-order valence-electron chi connectivity index (χ3n) is 2.35. The highest BCUT2D eigenvalue weighted by Crippen LogP contribution is 2.17. The molecule has 0 aliphatic carbocycles. The molecule has 0 radical (unpaired) electrons. The molecule has 0 aromatic carbocycles. The van der Waals surface area contributed by atoms with E-state index in [4.69, 9.17) is 10.9 Å². The molecule has 80 valence electrons. The van der Waals surface area contributed by atoms with Crippen LogP contribution in [-0.2, 0) is 4.79 Å². The summed E-state index contributed by atoms with van der Waals surface area (Å²) in [5, 5.41) is 11.7. The minimum absolute atomic E-state index is 0.378. The molecule has 0 aromatic heterocycles. The molecule has 0 amide bonds. The Morgan fingerprint density at radius 1 is 1.79 bits per heavy atom. The van der Waals surface area contributed by atoms with E-state index in [1.807, 2.05) is 0 Å². The van der Waals surface area contributed by atoms with E-state index in [0.29, 0.717) is 18.9 Å². The van der Waals surface area contributed by atoms with Crippen LogP contribution in [0.3, 0.4) is 0 Å². The van der Waals surface area contributed by atoms with Crippen molar-refractivity contribution in [2.45, 2.75) is 18.9 Å². The average Bonchev–Trinajstić information content (AvgIpc) is 2.61. The van der Waals surface area contributed by atoms with Crippen molar-refractivity contribution >= 4 is 12.3 Å². The minimum Gasteiger partial charge on any atom is -0.480 e. The second kappa shape index (κ2) is 5.56. The van der Waals surface area contributed by atoms with Crippen molar-refractivity contribution in [2.24, 2.45) is 16.8 Å². The maximum atomic E-state index is 10.6. The minimum atomic E-state index is -0.764. The quantitative estimate of drug-likeness (QED) is 0.196. The molecule has 1 saturated heterocycles. The molecule has 0 bridgehead atoms. The first-order chi connectivity index (χ1) is 6.74. The molecule has 1 fully saturated rings. The smallest absolute Gasteiger partial charge is 0.320 e. The third kappa shape index (κ3) is 3.31. The average molecular weight is 200 g/mol. The second-order valence-corrected chi connectivity index (χ2v) is 3.39. The van der Waals surface area contributed by atoms with E-state index >= 15 is 0 Å². The number of hydrogen-bond acceptors (Lipinski definition) is 4. The van der Waals surface area contributed by atoms with Gasteiger partial charge in [0, 0.05) is 6.54 Å². The molecule has 6 heteroatoms. The standard InChI is InChI=1S/C8H16N4O2/c9-12-5-10-2-1-6-3-7(8(13)14)11-4-6/h5-7,11H,1-4,9H2,(H,10,12)(H,13,14)/t6-,7-/m0/s1. The summed E-state index contributed by atoms with van der Waals surface area (Å²) >= 11 is 0. The van der Waals surface area contributed by atoms with Gasteiger partial charge in [-0.05, 0) is 25.3 Å². The van der Waals surface area contributed by atoms with Crippen LogP contribution in [0.15, 0.2) is 4.99 Å². The molecule has 2 atom stereocenters. The van der Waals surface area contributed by atoms with Gasteiger partial charge in [0.05, 0.1) is 6.34 Å².